The van der Waals surface area contributed by atoms with Crippen molar-refractivity contribution in [1.29, 1.82) is 0 Å². The smallest absolute Gasteiger partial charge is 0.276 e. The van der Waals surface area contributed by atoms with Gasteiger partial charge in [-0.15, -0.1) is 5.10 Å². The van der Waals surface area contributed by atoms with Crippen LogP contribution in [0.15, 0.2) is 54.6 Å². The summed E-state index contributed by atoms with van der Waals surface area (Å²) in [6.07, 6.45) is 3.08. The predicted octanol–water partition coefficient (Wildman–Crippen LogP) is 3.83. The minimum Gasteiger partial charge on any atom is -0.491 e. The Morgan fingerprint density at radius 2 is 1.77 bits per heavy atom. The molecule has 206 valence electrons. The van der Waals surface area contributed by atoms with Crippen molar-refractivity contribution in [3.8, 4) is 11.4 Å². The molecule has 2 aromatic carbocycles. The molecule has 2 aliphatic rings. The molecular formula is C30H37N5O4. The van der Waals surface area contributed by atoms with Crippen molar-refractivity contribution in [2.45, 2.75) is 58.1 Å². The number of carbonyl (C=O) groups is 2. The molecular weight excluding hydrogens is 494 g/mol. The lowest BCUT2D eigenvalue weighted by atomic mass is 9.90. The van der Waals surface area contributed by atoms with Gasteiger partial charge >= 0.3 is 0 Å². The third kappa shape index (κ3) is 5.54. The molecule has 1 fully saturated rings. The molecule has 3 aromatic rings. The number of rotatable bonds is 3. The van der Waals surface area contributed by atoms with E-state index < -0.39 is 5.60 Å². The van der Waals surface area contributed by atoms with Crippen LogP contribution in [0.1, 0.15) is 54.9 Å². The fraction of sp³-hybridized carbons (Fsp3) is 0.467. The number of nitrogens with zero attached hydrogens (tertiary/aromatic N) is 5. The molecule has 0 N–H and O–H groups in total. The number of amides is 2. The Hall–Kier alpha value is -3.72. The summed E-state index contributed by atoms with van der Waals surface area (Å²) >= 11 is 0. The third-order valence-corrected chi connectivity index (χ3v) is 7.68. The van der Waals surface area contributed by atoms with Gasteiger partial charge in [-0.05, 0) is 70.2 Å². The van der Waals surface area contributed by atoms with Crippen LogP contribution in [0.2, 0.25) is 0 Å². The number of aromatic nitrogens is 3. The van der Waals surface area contributed by atoms with Crippen molar-refractivity contribution in [3.63, 3.8) is 0 Å². The first-order valence-corrected chi connectivity index (χ1v) is 13.8. The summed E-state index contributed by atoms with van der Waals surface area (Å²) in [7, 11) is 0. The first-order valence-electron chi connectivity index (χ1n) is 13.8. The van der Waals surface area contributed by atoms with Crippen molar-refractivity contribution in [2.75, 3.05) is 32.8 Å². The lowest BCUT2D eigenvalue weighted by molar-refractivity contribution is -0.172. The van der Waals surface area contributed by atoms with Crippen LogP contribution in [0.25, 0.3) is 5.69 Å². The number of para-hydroxylation sites is 2. The van der Waals surface area contributed by atoms with Gasteiger partial charge in [0.15, 0.2) is 11.3 Å². The van der Waals surface area contributed by atoms with E-state index in [0.29, 0.717) is 37.5 Å². The van der Waals surface area contributed by atoms with E-state index in [0.717, 1.165) is 30.7 Å². The highest BCUT2D eigenvalue weighted by Gasteiger charge is 2.47. The summed E-state index contributed by atoms with van der Waals surface area (Å²) in [4.78, 5) is 31.4. The minimum atomic E-state index is -1.11. The molecule has 1 aromatic heterocycles. The van der Waals surface area contributed by atoms with Crippen molar-refractivity contribution >= 4 is 11.8 Å². The number of hydrogen-bond acceptors (Lipinski definition) is 6. The van der Waals surface area contributed by atoms with Crippen molar-refractivity contribution < 1.29 is 19.1 Å². The first-order chi connectivity index (χ1) is 18.9. The van der Waals surface area contributed by atoms with Crippen LogP contribution in [0.5, 0.6) is 5.75 Å². The average molecular weight is 532 g/mol. The van der Waals surface area contributed by atoms with Crippen molar-refractivity contribution in [3.05, 3.63) is 71.5 Å². The Bertz CT molecular complexity index is 1310. The Labute approximate surface area is 229 Å². The number of carbonyl (C=O) groups excluding carboxylic acids is 2. The van der Waals surface area contributed by atoms with Crippen LogP contribution in [-0.4, -0.2) is 81.1 Å². The Balaban J connectivity index is 1.40. The molecule has 3 heterocycles. The minimum absolute atomic E-state index is 0.0427. The molecule has 1 unspecified atom stereocenters. The molecule has 39 heavy (non-hydrogen) atoms. The van der Waals surface area contributed by atoms with Gasteiger partial charge in [-0.3, -0.25) is 9.59 Å². The van der Waals surface area contributed by atoms with Crippen LogP contribution in [-0.2, 0) is 16.0 Å². The van der Waals surface area contributed by atoms with Gasteiger partial charge in [0, 0.05) is 12.6 Å². The maximum atomic E-state index is 14.2. The van der Waals surface area contributed by atoms with E-state index >= 15 is 0 Å². The van der Waals surface area contributed by atoms with Gasteiger partial charge < -0.3 is 19.3 Å². The molecule has 0 saturated carbocycles. The normalized spacial score (nSPS) is 20.8. The second-order valence-electron chi connectivity index (χ2n) is 10.6. The summed E-state index contributed by atoms with van der Waals surface area (Å²) in [6, 6.07) is 17.7. The van der Waals surface area contributed by atoms with Crippen LogP contribution in [0, 0.1) is 6.92 Å². The van der Waals surface area contributed by atoms with Gasteiger partial charge in [0.05, 0.1) is 31.1 Å². The van der Waals surface area contributed by atoms with Gasteiger partial charge in [-0.2, -0.15) is 0 Å². The van der Waals surface area contributed by atoms with Gasteiger partial charge in [-0.1, -0.05) is 41.6 Å². The third-order valence-electron chi connectivity index (χ3n) is 7.68. The van der Waals surface area contributed by atoms with E-state index in [1.807, 2.05) is 74.2 Å². The Morgan fingerprint density at radius 3 is 2.56 bits per heavy atom. The van der Waals surface area contributed by atoms with Gasteiger partial charge in [0.1, 0.15) is 12.4 Å². The van der Waals surface area contributed by atoms with Gasteiger partial charge in [0.25, 0.3) is 11.8 Å². The van der Waals surface area contributed by atoms with Crippen molar-refractivity contribution in [2.24, 2.45) is 0 Å². The lowest BCUT2D eigenvalue weighted by Crippen LogP contribution is -2.63. The summed E-state index contributed by atoms with van der Waals surface area (Å²) in [5, 5.41) is 8.48. The quantitative estimate of drug-likeness (QED) is 0.510. The van der Waals surface area contributed by atoms with Crippen LogP contribution >= 0.6 is 0 Å². The fourth-order valence-electron chi connectivity index (χ4n) is 5.52. The number of benzene rings is 2. The Morgan fingerprint density at radius 1 is 1.00 bits per heavy atom. The maximum Gasteiger partial charge on any atom is 0.276 e. The zero-order valence-corrected chi connectivity index (χ0v) is 23.0. The number of aryl methyl sites for hydroxylation is 1. The number of morpholine rings is 1. The second-order valence-corrected chi connectivity index (χ2v) is 10.6. The van der Waals surface area contributed by atoms with Crippen LogP contribution < -0.4 is 4.74 Å². The topological polar surface area (TPSA) is 89.8 Å². The summed E-state index contributed by atoms with van der Waals surface area (Å²) in [5.74, 6) is 0.565. The molecule has 9 heteroatoms. The molecule has 5 rings (SSSR count). The molecule has 0 bridgehead atoms. The number of hydrogen-bond donors (Lipinski definition) is 0. The van der Waals surface area contributed by atoms with E-state index in [-0.39, 0.29) is 31.0 Å². The summed E-state index contributed by atoms with van der Waals surface area (Å²) in [5.41, 5.74) is 1.86. The second kappa shape index (κ2) is 11.6. The zero-order valence-electron chi connectivity index (χ0n) is 23.0. The van der Waals surface area contributed by atoms with E-state index in [1.165, 1.54) is 5.56 Å². The zero-order chi connectivity index (χ0) is 27.4. The Kier molecular flexibility index (Phi) is 7.97. The molecule has 0 radical (unpaired) electrons. The molecule has 9 nitrogen and oxygen atoms in total. The van der Waals surface area contributed by atoms with E-state index in [4.69, 9.17) is 9.47 Å². The van der Waals surface area contributed by atoms with Crippen LogP contribution in [0.3, 0.4) is 0 Å². The van der Waals surface area contributed by atoms with E-state index in [2.05, 4.69) is 16.4 Å². The largest absolute Gasteiger partial charge is 0.491 e. The first kappa shape index (κ1) is 26.9. The number of ether oxygens (including phenoxy) is 2. The van der Waals surface area contributed by atoms with Gasteiger partial charge in [-0.25, -0.2) is 4.68 Å². The van der Waals surface area contributed by atoms with E-state index in [1.54, 1.807) is 9.58 Å². The van der Waals surface area contributed by atoms with Gasteiger partial charge in [0.2, 0.25) is 0 Å². The van der Waals surface area contributed by atoms with Crippen molar-refractivity contribution in [1.82, 2.24) is 24.8 Å². The molecule has 1 spiro atoms. The predicted molar refractivity (Wildman–Crippen MR) is 147 cm³/mol. The molecule has 0 aliphatic carbocycles. The highest BCUT2D eigenvalue weighted by molar-refractivity contribution is 5.94. The summed E-state index contributed by atoms with van der Waals surface area (Å²) in [6.45, 7) is 7.54. The molecule has 2 aliphatic heterocycles. The average Bonchev–Trinajstić information content (AvgIpc) is 3.34. The molecule has 2 amide bonds. The fourth-order valence-corrected chi connectivity index (χ4v) is 5.52. The SMILES string of the molecule is Cc1c(C(=O)N2CCOC3(CCCCc4ccccc4OCCN(C(C)C)C3=O)C2)nnn1-c1ccccc1. The molecule has 1 atom stereocenters. The van der Waals surface area contributed by atoms with Crippen LogP contribution in [0.4, 0.5) is 0 Å². The monoisotopic (exact) mass is 531 g/mol. The highest BCUT2D eigenvalue weighted by Crippen LogP contribution is 2.31. The van der Waals surface area contributed by atoms with E-state index in [9.17, 15) is 9.59 Å². The highest BCUT2D eigenvalue weighted by atomic mass is 16.5. The standard InChI is InChI=1S/C30H37N5O4/c1-22(2)34-18-19-38-26-15-8-7-11-24(26)12-9-10-16-30(29(34)37)21-33(17-20-39-30)28(36)27-23(3)35(32-31-27)25-13-5-4-6-14-25/h4-8,11,13-15,22H,9-10,12,16-21H2,1-3H3. The maximum absolute atomic E-state index is 14.2. The molecule has 1 saturated heterocycles. The summed E-state index contributed by atoms with van der Waals surface area (Å²) < 4.78 is 14.1. The lowest BCUT2D eigenvalue weighted by Gasteiger charge is -2.45. The number of fused-ring (bicyclic) bond motifs is 1.